The van der Waals surface area contributed by atoms with E-state index in [1.54, 1.807) is 12.3 Å². The van der Waals surface area contributed by atoms with Crippen LogP contribution in [0.25, 0.3) is 0 Å². The minimum Gasteiger partial charge on any atom is -0.357 e. The highest BCUT2D eigenvalue weighted by atomic mass is 79.9. The lowest BCUT2D eigenvalue weighted by Crippen LogP contribution is -2.28. The average molecular weight is 346 g/mol. The van der Waals surface area contributed by atoms with E-state index in [4.69, 9.17) is 23.8 Å². The number of benzene rings is 1. The van der Waals surface area contributed by atoms with E-state index in [1.807, 2.05) is 18.2 Å². The van der Waals surface area contributed by atoms with Gasteiger partial charge in [0.1, 0.15) is 0 Å². The van der Waals surface area contributed by atoms with E-state index >= 15 is 0 Å². The minimum atomic E-state index is 0.508. The summed E-state index contributed by atoms with van der Waals surface area (Å²) in [5, 5.41) is 13.9. The van der Waals surface area contributed by atoms with Gasteiger partial charge in [-0.25, -0.2) is 0 Å². The molecular formula is C11H10BrClN4S. The molecule has 0 bridgehead atoms. The maximum atomic E-state index is 6.08. The first-order valence-corrected chi connectivity index (χ1v) is 6.71. The zero-order chi connectivity index (χ0) is 13.0. The van der Waals surface area contributed by atoms with E-state index in [9.17, 15) is 0 Å². The van der Waals surface area contributed by atoms with Crippen LogP contribution in [0.5, 0.6) is 0 Å². The number of anilines is 1. The lowest BCUT2D eigenvalue weighted by atomic mass is 10.3. The van der Waals surface area contributed by atoms with Crippen LogP contribution in [0.3, 0.4) is 0 Å². The molecule has 0 unspecified atom stereocenters. The van der Waals surface area contributed by atoms with Crippen LogP contribution in [-0.4, -0.2) is 15.3 Å². The van der Waals surface area contributed by atoms with Crippen LogP contribution in [0.15, 0.2) is 34.9 Å². The van der Waals surface area contributed by atoms with Crippen LogP contribution in [0.2, 0.25) is 5.02 Å². The van der Waals surface area contributed by atoms with Crippen molar-refractivity contribution in [3.05, 3.63) is 45.7 Å². The third-order valence-electron chi connectivity index (χ3n) is 2.18. The van der Waals surface area contributed by atoms with Crippen molar-refractivity contribution in [2.24, 2.45) is 0 Å². The van der Waals surface area contributed by atoms with Gasteiger partial charge in [-0.3, -0.25) is 5.10 Å². The van der Waals surface area contributed by atoms with Gasteiger partial charge in [-0.1, -0.05) is 27.5 Å². The Balaban J connectivity index is 1.91. The van der Waals surface area contributed by atoms with E-state index in [1.165, 1.54) is 0 Å². The summed E-state index contributed by atoms with van der Waals surface area (Å²) >= 11 is 14.6. The standard InChI is InChI=1S/C11H10BrClN4S/c12-7-1-2-10(9(13)5-7)16-11(18)14-6-8-3-4-15-17-8/h1-5H,6H2,(H,15,17)(H2,14,16,18). The number of hydrogen-bond donors (Lipinski definition) is 3. The monoisotopic (exact) mass is 344 g/mol. The second-order valence-corrected chi connectivity index (χ2v) is 5.24. The van der Waals surface area contributed by atoms with Crippen LogP contribution < -0.4 is 10.6 Å². The van der Waals surface area contributed by atoms with Gasteiger partial charge in [0.2, 0.25) is 0 Å². The van der Waals surface area contributed by atoms with E-state index in [0.29, 0.717) is 16.7 Å². The Labute approximate surface area is 123 Å². The molecule has 1 aromatic carbocycles. The molecule has 0 radical (unpaired) electrons. The second-order valence-electron chi connectivity index (χ2n) is 3.51. The fourth-order valence-electron chi connectivity index (χ4n) is 1.32. The van der Waals surface area contributed by atoms with Crippen LogP contribution in [0.4, 0.5) is 5.69 Å². The molecule has 2 rings (SSSR count). The van der Waals surface area contributed by atoms with Crippen molar-refractivity contribution in [1.82, 2.24) is 15.5 Å². The summed E-state index contributed by atoms with van der Waals surface area (Å²) in [4.78, 5) is 0. The van der Waals surface area contributed by atoms with Crippen LogP contribution in [0, 0.1) is 0 Å². The van der Waals surface area contributed by atoms with E-state index in [-0.39, 0.29) is 0 Å². The number of aromatic amines is 1. The predicted octanol–water partition coefficient (Wildman–Crippen LogP) is 3.31. The highest BCUT2D eigenvalue weighted by Crippen LogP contribution is 2.25. The molecule has 3 N–H and O–H groups in total. The number of H-pyrrole nitrogens is 1. The molecule has 0 aliphatic rings. The molecule has 1 aromatic heterocycles. The number of thiocarbonyl (C=S) groups is 1. The second kappa shape index (κ2) is 6.17. The number of rotatable bonds is 3. The van der Waals surface area contributed by atoms with Crippen molar-refractivity contribution in [2.45, 2.75) is 6.54 Å². The van der Waals surface area contributed by atoms with Crippen molar-refractivity contribution in [1.29, 1.82) is 0 Å². The molecule has 0 spiro atoms. The first-order chi connectivity index (χ1) is 8.65. The van der Waals surface area contributed by atoms with Crippen LogP contribution >= 0.6 is 39.7 Å². The number of nitrogens with zero attached hydrogens (tertiary/aromatic N) is 1. The molecular weight excluding hydrogens is 336 g/mol. The quantitative estimate of drug-likeness (QED) is 0.747. The van der Waals surface area contributed by atoms with Gasteiger partial charge in [0.25, 0.3) is 0 Å². The summed E-state index contributed by atoms with van der Waals surface area (Å²) in [6, 6.07) is 7.44. The molecule has 0 saturated heterocycles. The summed E-state index contributed by atoms with van der Waals surface area (Å²) in [5.74, 6) is 0. The van der Waals surface area contributed by atoms with Gasteiger partial charge in [0, 0.05) is 10.7 Å². The normalized spacial score (nSPS) is 10.1. The van der Waals surface area contributed by atoms with Crippen LogP contribution in [0.1, 0.15) is 5.69 Å². The molecule has 7 heteroatoms. The molecule has 0 atom stereocenters. The summed E-state index contributed by atoms with van der Waals surface area (Å²) in [7, 11) is 0. The first-order valence-electron chi connectivity index (χ1n) is 5.13. The molecule has 94 valence electrons. The zero-order valence-electron chi connectivity index (χ0n) is 9.21. The van der Waals surface area contributed by atoms with Crippen molar-refractivity contribution in [2.75, 3.05) is 5.32 Å². The number of halogens is 2. The Morgan fingerprint density at radius 3 is 2.94 bits per heavy atom. The Bertz CT molecular complexity index is 544. The predicted molar refractivity (Wildman–Crippen MR) is 80.8 cm³/mol. The molecule has 2 aromatic rings. The van der Waals surface area contributed by atoms with Gasteiger partial charge < -0.3 is 10.6 Å². The maximum absolute atomic E-state index is 6.08. The molecule has 0 saturated carbocycles. The SMILES string of the molecule is S=C(NCc1ccn[nH]1)Nc1ccc(Br)cc1Cl. The summed E-state index contributed by atoms with van der Waals surface area (Å²) in [5.41, 5.74) is 1.73. The lowest BCUT2D eigenvalue weighted by Gasteiger charge is -2.11. The van der Waals surface area contributed by atoms with Crippen molar-refractivity contribution < 1.29 is 0 Å². The van der Waals surface area contributed by atoms with Crippen molar-refractivity contribution in [3.63, 3.8) is 0 Å². The fraction of sp³-hybridized carbons (Fsp3) is 0.0909. The fourth-order valence-corrected chi connectivity index (χ4v) is 2.22. The number of aromatic nitrogens is 2. The zero-order valence-corrected chi connectivity index (χ0v) is 12.4. The van der Waals surface area contributed by atoms with Gasteiger partial charge in [-0.05, 0) is 36.5 Å². The van der Waals surface area contributed by atoms with Gasteiger partial charge in [0.15, 0.2) is 5.11 Å². The minimum absolute atomic E-state index is 0.508. The van der Waals surface area contributed by atoms with Crippen molar-refractivity contribution in [3.8, 4) is 0 Å². The molecule has 0 aliphatic carbocycles. The van der Waals surface area contributed by atoms with E-state index < -0.39 is 0 Å². The summed E-state index contributed by atoms with van der Waals surface area (Å²) in [6.07, 6.45) is 1.69. The van der Waals surface area contributed by atoms with Gasteiger partial charge in [0.05, 0.1) is 22.9 Å². The van der Waals surface area contributed by atoms with E-state index in [2.05, 4.69) is 36.8 Å². The first kappa shape index (κ1) is 13.3. The highest BCUT2D eigenvalue weighted by molar-refractivity contribution is 9.10. The molecule has 0 fully saturated rings. The Morgan fingerprint density at radius 1 is 1.44 bits per heavy atom. The smallest absolute Gasteiger partial charge is 0.171 e. The van der Waals surface area contributed by atoms with Gasteiger partial charge in [-0.2, -0.15) is 5.10 Å². The third-order valence-corrected chi connectivity index (χ3v) is 3.23. The summed E-state index contributed by atoms with van der Waals surface area (Å²) in [6.45, 7) is 0.583. The molecule has 0 aliphatic heterocycles. The Morgan fingerprint density at radius 2 is 2.28 bits per heavy atom. The largest absolute Gasteiger partial charge is 0.357 e. The molecule has 0 amide bonds. The topological polar surface area (TPSA) is 52.7 Å². The Kier molecular flexibility index (Phi) is 4.57. The average Bonchev–Trinajstić information content (AvgIpc) is 2.83. The summed E-state index contributed by atoms with van der Waals surface area (Å²) < 4.78 is 0.925. The van der Waals surface area contributed by atoms with Crippen LogP contribution in [-0.2, 0) is 6.54 Å². The molecule has 1 heterocycles. The molecule has 18 heavy (non-hydrogen) atoms. The number of nitrogens with one attached hydrogen (secondary N) is 3. The third kappa shape index (κ3) is 3.69. The number of hydrogen-bond acceptors (Lipinski definition) is 2. The van der Waals surface area contributed by atoms with E-state index in [0.717, 1.165) is 15.9 Å². The van der Waals surface area contributed by atoms with Gasteiger partial charge >= 0.3 is 0 Å². The molecule has 4 nitrogen and oxygen atoms in total. The van der Waals surface area contributed by atoms with Gasteiger partial charge in [-0.15, -0.1) is 0 Å². The van der Waals surface area contributed by atoms with Crippen molar-refractivity contribution >= 4 is 50.5 Å². The Hall–Kier alpha value is -1.11. The highest BCUT2D eigenvalue weighted by Gasteiger charge is 2.03. The maximum Gasteiger partial charge on any atom is 0.171 e. The lowest BCUT2D eigenvalue weighted by molar-refractivity contribution is 0.865.